The normalized spacial score (nSPS) is 33.4. The fourth-order valence-electron chi connectivity index (χ4n) is 3.22. The van der Waals surface area contributed by atoms with Gasteiger partial charge in [0.25, 0.3) is 0 Å². The number of hydrogen-bond acceptors (Lipinski definition) is 3. The molecule has 0 bridgehead atoms. The first-order valence-electron chi connectivity index (χ1n) is 7.16. The summed E-state index contributed by atoms with van der Waals surface area (Å²) >= 11 is 0. The molecule has 0 aromatic rings. The largest absolute Gasteiger partial charge is 0.336 e. The topological polar surface area (TPSA) is 49.6 Å². The van der Waals surface area contributed by atoms with E-state index in [0.29, 0.717) is 5.91 Å². The van der Waals surface area contributed by atoms with Crippen molar-refractivity contribution in [3.8, 4) is 0 Å². The van der Waals surface area contributed by atoms with Gasteiger partial charge in [-0.15, -0.1) is 0 Å². The highest BCUT2D eigenvalue weighted by Crippen LogP contribution is 2.30. The molecule has 104 valence electrons. The molecule has 4 heteroatoms. The predicted octanol–water partition coefficient (Wildman–Crippen LogP) is 1.06. The number of carbonyl (C=O) groups is 1. The van der Waals surface area contributed by atoms with Crippen LogP contribution in [0, 0.1) is 5.92 Å². The van der Waals surface area contributed by atoms with Crippen molar-refractivity contribution in [1.82, 2.24) is 9.80 Å². The van der Waals surface area contributed by atoms with Gasteiger partial charge in [0.2, 0.25) is 5.91 Å². The van der Waals surface area contributed by atoms with E-state index in [-0.39, 0.29) is 17.5 Å². The summed E-state index contributed by atoms with van der Waals surface area (Å²) in [7, 11) is 2.10. The van der Waals surface area contributed by atoms with Crippen LogP contribution in [0.25, 0.3) is 0 Å². The van der Waals surface area contributed by atoms with Crippen LogP contribution in [0.15, 0.2) is 0 Å². The molecule has 2 unspecified atom stereocenters. The molecule has 1 amide bonds. The van der Waals surface area contributed by atoms with Gasteiger partial charge in [-0.1, -0.05) is 0 Å². The lowest BCUT2D eigenvalue weighted by Gasteiger charge is -2.47. The van der Waals surface area contributed by atoms with Crippen molar-refractivity contribution < 1.29 is 4.79 Å². The Hall–Kier alpha value is -0.610. The zero-order chi connectivity index (χ0) is 13.3. The molecule has 0 radical (unpaired) electrons. The fourth-order valence-corrected chi connectivity index (χ4v) is 3.22. The van der Waals surface area contributed by atoms with Crippen LogP contribution in [0.1, 0.15) is 39.5 Å². The summed E-state index contributed by atoms with van der Waals surface area (Å²) in [6.07, 6.45) is 4.21. The summed E-state index contributed by atoms with van der Waals surface area (Å²) in [6.45, 7) is 7.09. The van der Waals surface area contributed by atoms with Gasteiger partial charge in [-0.3, -0.25) is 4.79 Å². The summed E-state index contributed by atoms with van der Waals surface area (Å²) in [4.78, 5) is 17.0. The quantitative estimate of drug-likeness (QED) is 0.760. The predicted molar refractivity (Wildman–Crippen MR) is 73.2 cm³/mol. The molecule has 2 aliphatic heterocycles. The molecule has 2 fully saturated rings. The second-order valence-electron chi connectivity index (χ2n) is 6.66. The number of nitrogens with zero attached hydrogens (tertiary/aromatic N) is 2. The molecule has 0 aromatic heterocycles. The molecule has 0 spiro atoms. The zero-order valence-electron chi connectivity index (χ0n) is 12.0. The molecular weight excluding hydrogens is 226 g/mol. The maximum atomic E-state index is 12.7. The molecule has 0 aliphatic carbocycles. The Labute approximate surface area is 110 Å². The first kappa shape index (κ1) is 13.8. The van der Waals surface area contributed by atoms with E-state index in [1.807, 2.05) is 4.90 Å². The molecule has 0 saturated carbocycles. The third-order valence-electron chi connectivity index (χ3n) is 4.51. The van der Waals surface area contributed by atoms with E-state index in [9.17, 15) is 4.79 Å². The van der Waals surface area contributed by atoms with Gasteiger partial charge >= 0.3 is 0 Å². The Bertz CT molecular complexity index is 316. The summed E-state index contributed by atoms with van der Waals surface area (Å²) < 4.78 is 0. The van der Waals surface area contributed by atoms with Crippen molar-refractivity contribution >= 4 is 5.91 Å². The van der Waals surface area contributed by atoms with Crippen LogP contribution in [0.4, 0.5) is 0 Å². The SMILES string of the molecule is CN1CCCC(C(=O)N2CC(N)CCC2(C)C)C1. The molecule has 2 rings (SSSR count). The van der Waals surface area contributed by atoms with Gasteiger partial charge in [0.05, 0.1) is 5.92 Å². The molecule has 18 heavy (non-hydrogen) atoms. The van der Waals surface area contributed by atoms with Crippen LogP contribution in [0.3, 0.4) is 0 Å². The monoisotopic (exact) mass is 253 g/mol. The molecule has 2 heterocycles. The zero-order valence-corrected chi connectivity index (χ0v) is 12.0. The lowest BCUT2D eigenvalue weighted by molar-refractivity contribution is -0.145. The van der Waals surface area contributed by atoms with Crippen LogP contribution >= 0.6 is 0 Å². The average Bonchev–Trinajstić information content (AvgIpc) is 2.31. The fraction of sp³-hybridized carbons (Fsp3) is 0.929. The van der Waals surface area contributed by atoms with E-state index in [2.05, 4.69) is 25.8 Å². The van der Waals surface area contributed by atoms with Crippen molar-refractivity contribution in [3.05, 3.63) is 0 Å². The Morgan fingerprint density at radius 2 is 2.00 bits per heavy atom. The van der Waals surface area contributed by atoms with E-state index >= 15 is 0 Å². The highest BCUT2D eigenvalue weighted by Gasteiger charge is 2.39. The molecule has 4 nitrogen and oxygen atoms in total. The van der Waals surface area contributed by atoms with Gasteiger partial charge in [-0.2, -0.15) is 0 Å². The van der Waals surface area contributed by atoms with Crippen molar-refractivity contribution in [1.29, 1.82) is 0 Å². The maximum Gasteiger partial charge on any atom is 0.227 e. The van der Waals surface area contributed by atoms with Gasteiger partial charge in [-0.05, 0) is 53.1 Å². The van der Waals surface area contributed by atoms with Crippen LogP contribution < -0.4 is 5.73 Å². The second-order valence-corrected chi connectivity index (χ2v) is 6.66. The van der Waals surface area contributed by atoms with E-state index in [4.69, 9.17) is 5.73 Å². The third kappa shape index (κ3) is 2.86. The number of piperidine rings is 2. The maximum absolute atomic E-state index is 12.7. The van der Waals surface area contributed by atoms with Crippen LogP contribution in [-0.4, -0.2) is 54.0 Å². The Kier molecular flexibility index (Phi) is 3.97. The minimum Gasteiger partial charge on any atom is -0.336 e. The van der Waals surface area contributed by atoms with E-state index in [1.165, 1.54) is 0 Å². The Morgan fingerprint density at radius 1 is 1.28 bits per heavy atom. The highest BCUT2D eigenvalue weighted by molar-refractivity contribution is 5.80. The van der Waals surface area contributed by atoms with Crippen molar-refractivity contribution in [2.75, 3.05) is 26.7 Å². The van der Waals surface area contributed by atoms with Gasteiger partial charge in [0, 0.05) is 24.7 Å². The van der Waals surface area contributed by atoms with Crippen molar-refractivity contribution in [3.63, 3.8) is 0 Å². The number of rotatable bonds is 1. The standard InChI is InChI=1S/C14H27N3O/c1-14(2)7-6-12(15)10-17(14)13(18)11-5-4-8-16(3)9-11/h11-12H,4-10,15H2,1-3H3. The number of hydrogen-bond donors (Lipinski definition) is 1. The minimum absolute atomic E-state index is 0.0248. The van der Waals surface area contributed by atoms with Crippen LogP contribution in [0.2, 0.25) is 0 Å². The first-order valence-corrected chi connectivity index (χ1v) is 7.16. The van der Waals surface area contributed by atoms with E-state index < -0.39 is 0 Å². The highest BCUT2D eigenvalue weighted by atomic mass is 16.2. The van der Waals surface area contributed by atoms with Gasteiger partial charge < -0.3 is 15.5 Å². The summed E-state index contributed by atoms with van der Waals surface area (Å²) in [6, 6.07) is 0.156. The summed E-state index contributed by atoms with van der Waals surface area (Å²) in [5.41, 5.74) is 6.01. The van der Waals surface area contributed by atoms with Crippen molar-refractivity contribution in [2.45, 2.75) is 51.1 Å². The second kappa shape index (κ2) is 5.17. The average molecular weight is 253 g/mol. The van der Waals surface area contributed by atoms with Crippen LogP contribution in [0.5, 0.6) is 0 Å². The first-order chi connectivity index (χ1) is 8.40. The summed E-state index contributed by atoms with van der Waals surface area (Å²) in [5, 5.41) is 0. The number of likely N-dealkylation sites (tertiary alicyclic amines) is 2. The lowest BCUT2D eigenvalue weighted by Crippen LogP contribution is -2.59. The van der Waals surface area contributed by atoms with Gasteiger partial charge in [0.1, 0.15) is 0 Å². The number of carbonyl (C=O) groups excluding carboxylic acids is 1. The van der Waals surface area contributed by atoms with E-state index in [0.717, 1.165) is 45.3 Å². The Balaban J connectivity index is 2.06. The van der Waals surface area contributed by atoms with Crippen LogP contribution in [-0.2, 0) is 4.79 Å². The molecule has 0 aromatic carbocycles. The van der Waals surface area contributed by atoms with Gasteiger partial charge in [-0.25, -0.2) is 0 Å². The Morgan fingerprint density at radius 3 is 2.67 bits per heavy atom. The minimum atomic E-state index is -0.0248. The molecule has 2 saturated heterocycles. The molecule has 2 N–H and O–H groups in total. The lowest BCUT2D eigenvalue weighted by atomic mass is 9.86. The third-order valence-corrected chi connectivity index (χ3v) is 4.51. The number of amides is 1. The van der Waals surface area contributed by atoms with E-state index in [1.54, 1.807) is 0 Å². The molecule has 2 aliphatic rings. The number of nitrogens with two attached hydrogens (primary N) is 1. The van der Waals surface area contributed by atoms with Gasteiger partial charge in [0.15, 0.2) is 0 Å². The smallest absolute Gasteiger partial charge is 0.227 e. The van der Waals surface area contributed by atoms with Crippen molar-refractivity contribution in [2.24, 2.45) is 11.7 Å². The molecule has 2 atom stereocenters. The molecular formula is C14H27N3O. The summed E-state index contributed by atoms with van der Waals surface area (Å²) in [5.74, 6) is 0.495.